The van der Waals surface area contributed by atoms with Crippen LogP contribution in [-0.2, 0) is 28.6 Å². The third-order valence-corrected chi connectivity index (χ3v) is 15.2. The Morgan fingerprint density at radius 3 is 0.759 bits per heavy atom. The van der Waals surface area contributed by atoms with E-state index in [-0.39, 0.29) is 31.1 Å². The topological polar surface area (TPSA) is 78.9 Å². The van der Waals surface area contributed by atoms with Gasteiger partial charge in [0.2, 0.25) is 0 Å². The maximum atomic E-state index is 13.0. The molecule has 0 aliphatic rings. The standard InChI is InChI=1S/C77H132O6/c1-4-7-10-13-16-19-22-25-28-31-33-34-35-36-37-38-39-40-41-42-44-46-49-52-55-58-61-64-67-70-76(79)82-73-74(72-81-75(78)69-66-63-60-57-54-51-48-45-30-27-24-21-18-15-12-9-6-3)83-77(80)71-68-65-62-59-56-53-50-47-43-32-29-26-23-20-17-14-11-8-5-2/h9,12,17-18,20-22,25-27,29-31,33,35-36,43,47,74H,4-8,10-11,13-16,19,23-24,28,32,34,37-42,44-46,48-73H2,1-3H3/b12-9-,20-17-,21-18-,25-22-,29-26-,30-27-,33-31-,36-35-,47-43-. The fraction of sp³-hybridized carbons (Fsp3) is 0.727. The highest BCUT2D eigenvalue weighted by atomic mass is 16.6. The number of unbranched alkanes of at least 4 members (excludes halogenated alkanes) is 35. The molecule has 0 aliphatic carbocycles. The number of ether oxygens (including phenoxy) is 3. The minimum absolute atomic E-state index is 0.0865. The summed E-state index contributed by atoms with van der Waals surface area (Å²) in [5.41, 5.74) is 0. The van der Waals surface area contributed by atoms with E-state index in [1.54, 1.807) is 0 Å². The summed E-state index contributed by atoms with van der Waals surface area (Å²) in [7, 11) is 0. The zero-order valence-electron chi connectivity index (χ0n) is 54.7. The molecule has 1 atom stereocenters. The van der Waals surface area contributed by atoms with Crippen LogP contribution in [0, 0.1) is 0 Å². The summed E-state index contributed by atoms with van der Waals surface area (Å²) in [6, 6.07) is 0. The molecule has 476 valence electrons. The van der Waals surface area contributed by atoms with E-state index in [2.05, 4.69) is 130 Å². The summed E-state index contributed by atoms with van der Waals surface area (Å²) >= 11 is 0. The second kappa shape index (κ2) is 70.6. The fourth-order valence-electron chi connectivity index (χ4n) is 9.94. The molecular formula is C77H132O6. The van der Waals surface area contributed by atoms with Gasteiger partial charge in [-0.2, -0.15) is 0 Å². The van der Waals surface area contributed by atoms with Crippen LogP contribution >= 0.6 is 0 Å². The van der Waals surface area contributed by atoms with Crippen LogP contribution in [0.5, 0.6) is 0 Å². The number of hydrogen-bond donors (Lipinski definition) is 0. The quantitative estimate of drug-likeness (QED) is 0.0261. The van der Waals surface area contributed by atoms with Gasteiger partial charge in [-0.1, -0.05) is 304 Å². The zero-order valence-corrected chi connectivity index (χ0v) is 54.7. The van der Waals surface area contributed by atoms with Gasteiger partial charge in [0.15, 0.2) is 6.10 Å². The average molecular weight is 1150 g/mol. The predicted molar refractivity (Wildman–Crippen MR) is 362 cm³/mol. The molecule has 0 saturated heterocycles. The van der Waals surface area contributed by atoms with Gasteiger partial charge in [0.25, 0.3) is 0 Å². The molecule has 0 amide bonds. The fourth-order valence-corrected chi connectivity index (χ4v) is 9.94. The number of carbonyl (C=O) groups excluding carboxylic acids is 3. The predicted octanol–water partition coefficient (Wildman–Crippen LogP) is 24.6. The van der Waals surface area contributed by atoms with Gasteiger partial charge in [0, 0.05) is 19.3 Å². The van der Waals surface area contributed by atoms with Gasteiger partial charge >= 0.3 is 17.9 Å². The van der Waals surface area contributed by atoms with Crippen molar-refractivity contribution in [2.24, 2.45) is 0 Å². The van der Waals surface area contributed by atoms with Gasteiger partial charge < -0.3 is 14.2 Å². The molecule has 83 heavy (non-hydrogen) atoms. The summed E-state index contributed by atoms with van der Waals surface area (Å²) in [4.78, 5) is 38.5. The molecule has 0 rings (SSSR count). The van der Waals surface area contributed by atoms with Crippen LogP contribution in [0.3, 0.4) is 0 Å². The Morgan fingerprint density at radius 2 is 0.470 bits per heavy atom. The van der Waals surface area contributed by atoms with Crippen molar-refractivity contribution in [2.75, 3.05) is 13.2 Å². The number of esters is 3. The second-order valence-corrected chi connectivity index (χ2v) is 23.4. The minimum Gasteiger partial charge on any atom is -0.462 e. The maximum Gasteiger partial charge on any atom is 0.306 e. The number of allylic oxidation sites excluding steroid dienone is 18. The van der Waals surface area contributed by atoms with Crippen LogP contribution in [0.25, 0.3) is 0 Å². The van der Waals surface area contributed by atoms with Crippen molar-refractivity contribution >= 4 is 17.9 Å². The molecule has 0 N–H and O–H groups in total. The van der Waals surface area contributed by atoms with Crippen molar-refractivity contribution < 1.29 is 28.6 Å². The zero-order chi connectivity index (χ0) is 59.9. The minimum atomic E-state index is -0.793. The van der Waals surface area contributed by atoms with Crippen molar-refractivity contribution in [3.05, 3.63) is 109 Å². The Balaban J connectivity index is 4.33. The molecule has 0 fully saturated rings. The van der Waals surface area contributed by atoms with E-state index in [9.17, 15) is 14.4 Å². The smallest absolute Gasteiger partial charge is 0.306 e. The van der Waals surface area contributed by atoms with Gasteiger partial charge in [-0.05, 0) is 128 Å². The molecule has 1 unspecified atom stereocenters. The maximum absolute atomic E-state index is 13.0. The highest BCUT2D eigenvalue weighted by Crippen LogP contribution is 2.17. The van der Waals surface area contributed by atoms with Crippen molar-refractivity contribution in [1.29, 1.82) is 0 Å². The monoisotopic (exact) mass is 1150 g/mol. The average Bonchev–Trinajstić information content (AvgIpc) is 3.50. The summed E-state index contributed by atoms with van der Waals surface area (Å²) < 4.78 is 17.0. The first-order valence-electron chi connectivity index (χ1n) is 35.4. The molecule has 0 aromatic heterocycles. The lowest BCUT2D eigenvalue weighted by Gasteiger charge is -2.18. The lowest BCUT2D eigenvalue weighted by atomic mass is 10.0. The van der Waals surface area contributed by atoms with Crippen molar-refractivity contribution in [3.8, 4) is 0 Å². The summed E-state index contributed by atoms with van der Waals surface area (Å²) in [6.45, 7) is 6.51. The Kier molecular flexibility index (Phi) is 67.2. The van der Waals surface area contributed by atoms with Gasteiger partial charge in [0.1, 0.15) is 13.2 Å². The highest BCUT2D eigenvalue weighted by molar-refractivity contribution is 5.71. The van der Waals surface area contributed by atoms with E-state index in [0.717, 1.165) is 122 Å². The van der Waals surface area contributed by atoms with Crippen molar-refractivity contribution in [3.63, 3.8) is 0 Å². The summed E-state index contributed by atoms with van der Waals surface area (Å²) in [6.07, 6.45) is 96.8. The first-order valence-corrected chi connectivity index (χ1v) is 35.4. The Labute approximate surface area is 514 Å². The van der Waals surface area contributed by atoms with Gasteiger partial charge in [-0.25, -0.2) is 0 Å². The molecule has 0 aromatic carbocycles. The third kappa shape index (κ3) is 68.7. The van der Waals surface area contributed by atoms with Crippen LogP contribution in [-0.4, -0.2) is 37.2 Å². The van der Waals surface area contributed by atoms with Crippen LogP contribution in [0.15, 0.2) is 109 Å². The highest BCUT2D eigenvalue weighted by Gasteiger charge is 2.19. The van der Waals surface area contributed by atoms with Gasteiger partial charge in [0.05, 0.1) is 0 Å². The molecule has 0 bridgehead atoms. The summed E-state index contributed by atoms with van der Waals surface area (Å²) in [5, 5.41) is 0. The molecule has 0 radical (unpaired) electrons. The lowest BCUT2D eigenvalue weighted by molar-refractivity contribution is -0.167. The van der Waals surface area contributed by atoms with Crippen molar-refractivity contribution in [2.45, 2.75) is 348 Å². The third-order valence-electron chi connectivity index (χ3n) is 15.2. The van der Waals surface area contributed by atoms with E-state index >= 15 is 0 Å². The van der Waals surface area contributed by atoms with E-state index in [4.69, 9.17) is 14.2 Å². The Hall–Kier alpha value is -3.93. The summed E-state index contributed by atoms with van der Waals surface area (Å²) in [5.74, 6) is -0.897. The normalized spacial score (nSPS) is 12.8. The Bertz CT molecular complexity index is 1660. The van der Waals surface area contributed by atoms with Gasteiger partial charge in [-0.15, -0.1) is 0 Å². The van der Waals surface area contributed by atoms with Crippen LogP contribution in [0.1, 0.15) is 342 Å². The van der Waals surface area contributed by atoms with E-state index in [1.165, 1.54) is 180 Å². The van der Waals surface area contributed by atoms with Crippen LogP contribution in [0.4, 0.5) is 0 Å². The SMILES string of the molecule is CC/C=C\C/C=C\C/C=C\CCCCCCCCCC(=O)OCC(COC(=O)CCCCCCCCCCCCCCCC/C=C\C/C=C\C/C=C\CCCCCCC)OC(=O)CCCCCCCC/C=C\C/C=C\C/C=C\CCCCC. The molecule has 0 spiro atoms. The van der Waals surface area contributed by atoms with Crippen LogP contribution in [0.2, 0.25) is 0 Å². The Morgan fingerprint density at radius 1 is 0.253 bits per heavy atom. The van der Waals surface area contributed by atoms with Crippen LogP contribution < -0.4 is 0 Å². The van der Waals surface area contributed by atoms with E-state index in [1.807, 2.05) is 0 Å². The van der Waals surface area contributed by atoms with Gasteiger partial charge in [-0.3, -0.25) is 14.4 Å². The van der Waals surface area contributed by atoms with Crippen molar-refractivity contribution in [1.82, 2.24) is 0 Å². The number of rotatable bonds is 64. The second-order valence-electron chi connectivity index (χ2n) is 23.4. The number of hydrogen-bond acceptors (Lipinski definition) is 6. The van der Waals surface area contributed by atoms with E-state index in [0.29, 0.717) is 19.3 Å². The molecule has 0 saturated carbocycles. The molecule has 6 nitrogen and oxygen atoms in total. The lowest BCUT2D eigenvalue weighted by Crippen LogP contribution is -2.30. The molecule has 6 heteroatoms. The first-order chi connectivity index (χ1) is 41.0. The molecule has 0 heterocycles. The first kappa shape index (κ1) is 79.1. The largest absolute Gasteiger partial charge is 0.462 e. The number of carbonyl (C=O) groups is 3. The van der Waals surface area contributed by atoms with E-state index < -0.39 is 6.10 Å². The molecular weight excluding hydrogens is 1020 g/mol. The molecule has 0 aliphatic heterocycles. The molecule has 0 aromatic rings.